The average Bonchev–Trinajstić information content (AvgIpc) is 3.22. The second kappa shape index (κ2) is 6.45. The first-order chi connectivity index (χ1) is 11.6. The van der Waals surface area contributed by atoms with Crippen molar-refractivity contribution in [1.29, 1.82) is 0 Å². The van der Waals surface area contributed by atoms with Crippen molar-refractivity contribution in [1.82, 2.24) is 0 Å². The predicted octanol–water partition coefficient (Wildman–Crippen LogP) is 3.72. The number of fused-ring (bicyclic) bond motifs is 1. The van der Waals surface area contributed by atoms with E-state index in [1.165, 1.54) is 5.57 Å². The molecule has 3 aliphatic rings. The largest absolute Gasteiger partial charge is 0.368 e. The molecule has 128 valence electrons. The number of benzene rings is 1. The lowest BCUT2D eigenvalue weighted by atomic mass is 10.0. The third-order valence-electron chi connectivity index (χ3n) is 4.66. The zero-order valence-corrected chi connectivity index (χ0v) is 14.2. The number of hydrogen-bond donors (Lipinski definition) is 0. The Bertz CT molecular complexity index is 634. The molecular formula is C20H24O4. The molecule has 1 aromatic carbocycles. The van der Waals surface area contributed by atoms with Gasteiger partial charge in [0.15, 0.2) is 12.1 Å². The van der Waals surface area contributed by atoms with Crippen LogP contribution >= 0.6 is 0 Å². The molecule has 0 amide bonds. The van der Waals surface area contributed by atoms with Crippen molar-refractivity contribution in [3.63, 3.8) is 0 Å². The summed E-state index contributed by atoms with van der Waals surface area (Å²) >= 11 is 0. The molecule has 0 spiro atoms. The Labute approximate surface area is 143 Å². The van der Waals surface area contributed by atoms with E-state index in [4.69, 9.17) is 18.9 Å². The van der Waals surface area contributed by atoms with E-state index in [0.29, 0.717) is 6.61 Å². The minimum atomic E-state index is -0.624. The molecule has 1 aliphatic carbocycles. The fourth-order valence-electron chi connectivity index (χ4n) is 3.57. The number of hydrogen-bond acceptors (Lipinski definition) is 4. The van der Waals surface area contributed by atoms with Gasteiger partial charge in [-0.05, 0) is 31.4 Å². The molecule has 0 N–H and O–H groups in total. The molecule has 4 atom stereocenters. The van der Waals surface area contributed by atoms with Crippen molar-refractivity contribution in [2.45, 2.75) is 63.7 Å². The van der Waals surface area contributed by atoms with Gasteiger partial charge >= 0.3 is 0 Å². The van der Waals surface area contributed by atoms with Gasteiger partial charge in [0.1, 0.15) is 12.2 Å². The van der Waals surface area contributed by atoms with Gasteiger partial charge in [0.2, 0.25) is 0 Å². The van der Waals surface area contributed by atoms with Crippen LogP contribution in [-0.2, 0) is 25.6 Å². The zero-order valence-electron chi connectivity index (χ0n) is 14.2. The van der Waals surface area contributed by atoms with E-state index < -0.39 is 5.79 Å². The average molecular weight is 328 g/mol. The van der Waals surface area contributed by atoms with Crippen molar-refractivity contribution in [2.24, 2.45) is 0 Å². The molecule has 2 saturated heterocycles. The van der Waals surface area contributed by atoms with E-state index in [1.54, 1.807) is 0 Å². The lowest BCUT2D eigenvalue weighted by Gasteiger charge is -2.26. The summed E-state index contributed by atoms with van der Waals surface area (Å²) in [5.74, 6) is -0.624. The molecule has 24 heavy (non-hydrogen) atoms. The molecule has 0 aromatic heterocycles. The summed E-state index contributed by atoms with van der Waals surface area (Å²) in [5, 5.41) is 0. The number of allylic oxidation sites excluding steroid dienone is 3. The van der Waals surface area contributed by atoms with Gasteiger partial charge < -0.3 is 18.9 Å². The van der Waals surface area contributed by atoms with Gasteiger partial charge in [-0.1, -0.05) is 48.6 Å². The van der Waals surface area contributed by atoms with Crippen LogP contribution < -0.4 is 0 Å². The van der Waals surface area contributed by atoms with Crippen molar-refractivity contribution in [2.75, 3.05) is 0 Å². The van der Waals surface area contributed by atoms with Crippen LogP contribution in [0.25, 0.3) is 0 Å². The minimum absolute atomic E-state index is 0.0474. The summed E-state index contributed by atoms with van der Waals surface area (Å²) in [6.07, 6.45) is 7.69. The third-order valence-corrected chi connectivity index (χ3v) is 4.66. The van der Waals surface area contributed by atoms with Crippen LogP contribution in [0.3, 0.4) is 0 Å². The smallest absolute Gasteiger partial charge is 0.190 e. The number of rotatable bonds is 5. The molecule has 2 heterocycles. The van der Waals surface area contributed by atoms with E-state index in [-0.39, 0.29) is 24.6 Å². The van der Waals surface area contributed by atoms with Crippen molar-refractivity contribution >= 4 is 0 Å². The van der Waals surface area contributed by atoms with E-state index in [9.17, 15) is 0 Å². The summed E-state index contributed by atoms with van der Waals surface area (Å²) in [6.45, 7) is 4.38. The lowest BCUT2D eigenvalue weighted by Crippen LogP contribution is -2.37. The maximum absolute atomic E-state index is 6.24. The van der Waals surface area contributed by atoms with Gasteiger partial charge in [0.25, 0.3) is 0 Å². The Balaban J connectivity index is 1.47. The highest BCUT2D eigenvalue weighted by atomic mass is 16.8. The van der Waals surface area contributed by atoms with E-state index in [1.807, 2.05) is 32.0 Å². The molecule has 4 nitrogen and oxygen atoms in total. The summed E-state index contributed by atoms with van der Waals surface area (Å²) < 4.78 is 24.3. The Kier molecular flexibility index (Phi) is 4.31. The van der Waals surface area contributed by atoms with Crippen LogP contribution in [0, 0.1) is 0 Å². The summed E-state index contributed by atoms with van der Waals surface area (Å²) in [4.78, 5) is 0. The van der Waals surface area contributed by atoms with Crippen molar-refractivity contribution in [3.8, 4) is 0 Å². The van der Waals surface area contributed by atoms with E-state index in [2.05, 4.69) is 30.4 Å². The highest BCUT2D eigenvalue weighted by Gasteiger charge is 2.55. The van der Waals surface area contributed by atoms with Gasteiger partial charge in [0, 0.05) is 6.42 Å². The van der Waals surface area contributed by atoms with Crippen LogP contribution in [0.5, 0.6) is 0 Å². The highest BCUT2D eigenvalue weighted by molar-refractivity contribution is 5.27. The zero-order chi connectivity index (χ0) is 16.6. The van der Waals surface area contributed by atoms with Crippen LogP contribution in [0.4, 0.5) is 0 Å². The summed E-state index contributed by atoms with van der Waals surface area (Å²) in [5.41, 5.74) is 2.45. The topological polar surface area (TPSA) is 36.9 Å². The Morgan fingerprint density at radius 3 is 2.75 bits per heavy atom. The van der Waals surface area contributed by atoms with Gasteiger partial charge in [-0.15, -0.1) is 0 Å². The standard InChI is InChI=1S/C20H24O4/c1-20(2)23-18-17(21-13-15-10-4-3-5-11-15)16(22-19(18)24-20)12-14-8-6-7-9-14/h3-6,8-11,16-19H,7,12-13H2,1-2H3/t16-,17+,18-,19-/m1/s1. The quantitative estimate of drug-likeness (QED) is 0.825. The molecule has 2 aliphatic heterocycles. The highest BCUT2D eigenvalue weighted by Crippen LogP contribution is 2.41. The van der Waals surface area contributed by atoms with Crippen LogP contribution in [0.1, 0.15) is 32.3 Å². The third kappa shape index (κ3) is 3.33. The Hall–Kier alpha value is -1.46. The molecule has 0 bridgehead atoms. The maximum Gasteiger partial charge on any atom is 0.190 e. The molecular weight excluding hydrogens is 304 g/mol. The van der Waals surface area contributed by atoms with Crippen LogP contribution in [-0.4, -0.2) is 30.4 Å². The Morgan fingerprint density at radius 2 is 2.00 bits per heavy atom. The maximum atomic E-state index is 6.24. The fraction of sp³-hybridized carbons (Fsp3) is 0.500. The fourth-order valence-corrected chi connectivity index (χ4v) is 3.57. The normalized spacial score (nSPS) is 33.7. The first kappa shape index (κ1) is 16.0. The summed E-state index contributed by atoms with van der Waals surface area (Å²) in [7, 11) is 0. The Morgan fingerprint density at radius 1 is 1.17 bits per heavy atom. The van der Waals surface area contributed by atoms with Gasteiger partial charge in [0.05, 0.1) is 12.7 Å². The molecule has 0 radical (unpaired) electrons. The molecule has 2 fully saturated rings. The minimum Gasteiger partial charge on any atom is -0.368 e. The van der Waals surface area contributed by atoms with Gasteiger partial charge in [-0.2, -0.15) is 0 Å². The van der Waals surface area contributed by atoms with Crippen molar-refractivity contribution < 1.29 is 18.9 Å². The predicted molar refractivity (Wildman–Crippen MR) is 90.2 cm³/mol. The molecule has 1 aromatic rings. The lowest BCUT2D eigenvalue weighted by molar-refractivity contribution is -0.218. The van der Waals surface area contributed by atoms with Crippen LogP contribution in [0.2, 0.25) is 0 Å². The number of ether oxygens (including phenoxy) is 4. The molecule has 4 rings (SSSR count). The van der Waals surface area contributed by atoms with Gasteiger partial charge in [-0.3, -0.25) is 0 Å². The summed E-state index contributed by atoms with van der Waals surface area (Å²) in [6, 6.07) is 10.2. The van der Waals surface area contributed by atoms with E-state index >= 15 is 0 Å². The second-order valence-electron chi connectivity index (χ2n) is 7.03. The SMILES string of the molecule is CC1(C)O[C@H]2O[C@H](CC3=CCC=C3)[C@H](OCc3ccccc3)[C@H]2O1. The van der Waals surface area contributed by atoms with Gasteiger partial charge in [-0.25, -0.2) is 0 Å². The second-order valence-corrected chi connectivity index (χ2v) is 7.03. The van der Waals surface area contributed by atoms with Crippen molar-refractivity contribution in [3.05, 3.63) is 59.7 Å². The van der Waals surface area contributed by atoms with E-state index in [0.717, 1.165) is 18.4 Å². The first-order valence-electron chi connectivity index (χ1n) is 8.63. The van der Waals surface area contributed by atoms with Crippen LogP contribution in [0.15, 0.2) is 54.1 Å². The first-order valence-corrected chi connectivity index (χ1v) is 8.63. The monoisotopic (exact) mass is 328 g/mol. The molecule has 0 saturated carbocycles. The molecule has 4 heteroatoms. The molecule has 0 unspecified atom stereocenters.